The molecule has 0 unspecified atom stereocenters. The van der Waals surface area contributed by atoms with Gasteiger partial charge in [-0.05, 0) is 106 Å². The number of fused-ring (bicyclic) bond motifs is 3. The lowest BCUT2D eigenvalue weighted by Gasteiger charge is -2.11. The Morgan fingerprint density at radius 1 is 0.586 bits per heavy atom. The molecule has 2 aliphatic carbocycles. The molecule has 0 atom stereocenters. The van der Waals surface area contributed by atoms with E-state index in [9.17, 15) is 0 Å². The van der Waals surface area contributed by atoms with Gasteiger partial charge in [-0.1, -0.05) is 195 Å². The van der Waals surface area contributed by atoms with Gasteiger partial charge in [0.25, 0.3) is 0 Å². The third kappa shape index (κ3) is 9.68. The molecular formula is C56H46O2. The second-order valence-electron chi connectivity index (χ2n) is 13.7. The number of ether oxygens (including phenoxy) is 1. The van der Waals surface area contributed by atoms with Crippen molar-refractivity contribution in [3.63, 3.8) is 0 Å². The fourth-order valence-corrected chi connectivity index (χ4v) is 6.76. The average molecular weight is 751 g/mol. The summed E-state index contributed by atoms with van der Waals surface area (Å²) in [5, 5.41) is 2.03. The maximum atomic E-state index is 6.67. The number of benzene rings is 4. The Bertz CT molecular complexity index is 2730. The molecule has 0 spiro atoms. The van der Waals surface area contributed by atoms with Crippen molar-refractivity contribution in [2.24, 2.45) is 0 Å². The Kier molecular flexibility index (Phi) is 13.0. The van der Waals surface area contributed by atoms with Gasteiger partial charge >= 0.3 is 0 Å². The number of hydrogen-bond donors (Lipinski definition) is 0. The Morgan fingerprint density at radius 2 is 1.21 bits per heavy atom. The van der Waals surface area contributed by atoms with Crippen molar-refractivity contribution in [3.05, 3.63) is 271 Å². The molecule has 0 amide bonds. The maximum absolute atomic E-state index is 6.67. The van der Waals surface area contributed by atoms with Crippen LogP contribution in [0.25, 0.3) is 38.7 Å². The summed E-state index contributed by atoms with van der Waals surface area (Å²) in [5.74, 6) is 1.43. The lowest BCUT2D eigenvalue weighted by molar-refractivity contribution is 0.473. The standard InChI is InChI=1S/C56H46O2/c1-4-23-43(24-5-2)46-27-17-12-8-6-10-14-19-29-48(39-46)45-32-35-51(36-33-45)57-55-42(3)31-37-52-53-41-50(34-38-54(53)58-56(52)55)49-30-20-15-11-7-9-13-18-28-47(40-49)44-25-21-16-22-26-44/h4-41H,1H2,2-3H3/b8-6-,9-7?,10-6?,11-7-,12-8?,13-9+,14-10+,15-11?,17-12-,18-13?,19-14?,20-15-,24-5-,27-17?,28-18+,29-19+,30-20?,43-23+,46-27+,46-39?,47-28?,47-40+,48-29?,48-39+,49-30+,49-40?. The zero-order chi connectivity index (χ0) is 39.9. The first-order valence-corrected chi connectivity index (χ1v) is 19.6. The largest absolute Gasteiger partial charge is 0.453 e. The average Bonchev–Trinajstić information content (AvgIpc) is 3.61. The predicted molar refractivity (Wildman–Crippen MR) is 250 cm³/mol. The molecule has 58 heavy (non-hydrogen) atoms. The molecule has 2 heteroatoms. The van der Waals surface area contributed by atoms with Crippen molar-refractivity contribution < 1.29 is 9.15 Å². The first-order chi connectivity index (χ1) is 28.6. The molecule has 282 valence electrons. The first kappa shape index (κ1) is 38.8. The van der Waals surface area contributed by atoms with E-state index in [4.69, 9.17) is 9.15 Å². The Balaban J connectivity index is 1.24. The van der Waals surface area contributed by atoms with Crippen LogP contribution in [0.2, 0.25) is 0 Å². The van der Waals surface area contributed by atoms with E-state index in [1.807, 2.05) is 92.0 Å². The molecule has 2 nitrogen and oxygen atoms in total. The van der Waals surface area contributed by atoms with Crippen LogP contribution in [0.15, 0.2) is 253 Å². The summed E-state index contributed by atoms with van der Waals surface area (Å²) in [6, 6.07) is 29.4. The molecule has 0 radical (unpaired) electrons. The quantitative estimate of drug-likeness (QED) is 0.147. The van der Waals surface area contributed by atoms with Gasteiger partial charge in [-0.15, -0.1) is 0 Å². The fourth-order valence-electron chi connectivity index (χ4n) is 6.76. The lowest BCUT2D eigenvalue weighted by Crippen LogP contribution is -1.90. The Labute approximate surface area is 342 Å². The van der Waals surface area contributed by atoms with Gasteiger partial charge in [0.1, 0.15) is 11.3 Å². The van der Waals surface area contributed by atoms with Crippen molar-refractivity contribution in [2.75, 3.05) is 0 Å². The summed E-state index contributed by atoms with van der Waals surface area (Å²) >= 11 is 0. The van der Waals surface area contributed by atoms with Gasteiger partial charge in [0.05, 0.1) is 0 Å². The molecule has 0 bridgehead atoms. The maximum Gasteiger partial charge on any atom is 0.178 e. The highest BCUT2D eigenvalue weighted by atomic mass is 16.5. The summed E-state index contributed by atoms with van der Waals surface area (Å²) < 4.78 is 13.2. The van der Waals surface area contributed by atoms with Crippen LogP contribution in [0.3, 0.4) is 0 Å². The number of allylic oxidation sites excluding steroid dienone is 29. The normalized spacial score (nSPS) is 23.0. The highest BCUT2D eigenvalue weighted by Gasteiger charge is 2.17. The summed E-state index contributed by atoms with van der Waals surface area (Å²) in [4.78, 5) is 0. The summed E-state index contributed by atoms with van der Waals surface area (Å²) in [5.41, 5.74) is 11.2. The summed E-state index contributed by atoms with van der Waals surface area (Å²) in [7, 11) is 0. The van der Waals surface area contributed by atoms with Gasteiger partial charge in [0.15, 0.2) is 11.3 Å². The van der Waals surface area contributed by atoms with Crippen molar-refractivity contribution in [3.8, 4) is 11.5 Å². The van der Waals surface area contributed by atoms with E-state index in [0.29, 0.717) is 5.75 Å². The van der Waals surface area contributed by atoms with Crippen LogP contribution in [0.5, 0.6) is 11.5 Å². The number of hydrogen-bond acceptors (Lipinski definition) is 2. The molecule has 0 N–H and O–H groups in total. The highest BCUT2D eigenvalue weighted by Crippen LogP contribution is 2.40. The van der Waals surface area contributed by atoms with Crippen molar-refractivity contribution in [1.29, 1.82) is 0 Å². The zero-order valence-electron chi connectivity index (χ0n) is 33.0. The topological polar surface area (TPSA) is 22.4 Å². The molecule has 2 aliphatic rings. The predicted octanol–water partition coefficient (Wildman–Crippen LogP) is 15.6. The minimum atomic E-state index is 0.707. The second-order valence-corrected chi connectivity index (χ2v) is 13.7. The van der Waals surface area contributed by atoms with Gasteiger partial charge in [-0.3, -0.25) is 0 Å². The molecule has 7 rings (SSSR count). The first-order valence-electron chi connectivity index (χ1n) is 19.6. The van der Waals surface area contributed by atoms with Crippen LogP contribution in [0, 0.1) is 6.92 Å². The van der Waals surface area contributed by atoms with Crippen LogP contribution in [-0.2, 0) is 0 Å². The minimum Gasteiger partial charge on any atom is -0.453 e. The fraction of sp³-hybridized carbons (Fsp3) is 0.0357. The van der Waals surface area contributed by atoms with Crippen LogP contribution in [0.4, 0.5) is 0 Å². The molecule has 0 fully saturated rings. The third-order valence-corrected chi connectivity index (χ3v) is 9.67. The van der Waals surface area contributed by atoms with E-state index in [1.54, 1.807) is 0 Å². The Hall–Kier alpha value is -7.42. The third-order valence-electron chi connectivity index (χ3n) is 9.67. The smallest absolute Gasteiger partial charge is 0.178 e. The van der Waals surface area contributed by atoms with E-state index in [-0.39, 0.29) is 0 Å². The number of furan rings is 1. The molecule has 4 aromatic carbocycles. The van der Waals surface area contributed by atoms with Gasteiger partial charge in [-0.25, -0.2) is 0 Å². The van der Waals surface area contributed by atoms with E-state index in [2.05, 4.69) is 159 Å². The van der Waals surface area contributed by atoms with Gasteiger partial charge in [0, 0.05) is 10.8 Å². The zero-order valence-corrected chi connectivity index (χ0v) is 33.0. The molecule has 0 aliphatic heterocycles. The van der Waals surface area contributed by atoms with Gasteiger partial charge < -0.3 is 9.15 Å². The lowest BCUT2D eigenvalue weighted by atomic mass is 9.96. The second kappa shape index (κ2) is 19.4. The molecule has 5 aromatic rings. The van der Waals surface area contributed by atoms with Crippen molar-refractivity contribution in [1.82, 2.24) is 0 Å². The summed E-state index contributed by atoms with van der Waals surface area (Å²) in [6.45, 7) is 8.03. The molecule has 1 heterocycles. The molecule has 1 aromatic heterocycles. The summed E-state index contributed by atoms with van der Waals surface area (Å²) in [6.07, 6.45) is 49.6. The minimum absolute atomic E-state index is 0.707. The number of rotatable bonds is 8. The van der Waals surface area contributed by atoms with E-state index in [0.717, 1.165) is 77.8 Å². The van der Waals surface area contributed by atoms with Crippen molar-refractivity contribution >= 4 is 38.7 Å². The van der Waals surface area contributed by atoms with Crippen LogP contribution < -0.4 is 4.74 Å². The van der Waals surface area contributed by atoms with Crippen molar-refractivity contribution in [2.45, 2.75) is 13.8 Å². The Morgan fingerprint density at radius 3 is 1.90 bits per heavy atom. The molecular weight excluding hydrogens is 705 g/mol. The monoisotopic (exact) mass is 750 g/mol. The highest BCUT2D eigenvalue weighted by molar-refractivity contribution is 6.08. The van der Waals surface area contributed by atoms with Crippen LogP contribution in [0.1, 0.15) is 29.2 Å². The van der Waals surface area contributed by atoms with E-state index in [1.165, 1.54) is 0 Å². The van der Waals surface area contributed by atoms with Crippen LogP contribution in [-0.4, -0.2) is 0 Å². The molecule has 0 saturated carbocycles. The van der Waals surface area contributed by atoms with E-state index < -0.39 is 0 Å². The van der Waals surface area contributed by atoms with Crippen LogP contribution >= 0.6 is 0 Å². The van der Waals surface area contributed by atoms with Gasteiger partial charge in [-0.2, -0.15) is 0 Å². The number of aryl methyl sites for hydroxylation is 1. The SMILES string of the molecule is C=C/C=C(\C=C/C)C1=C/C=C\C=C/C=C/C=C/C(c2ccc(Oc3c(C)ccc4c3oc3ccc(C5=C/C=C\C=C/C=C/C=C/C(c6ccccc6)=C\5)cc34)cc2)=C\1. The van der Waals surface area contributed by atoms with Gasteiger partial charge in [0.2, 0.25) is 0 Å². The van der Waals surface area contributed by atoms with E-state index >= 15 is 0 Å². The molecule has 0 saturated heterocycles.